The largest absolute Gasteiger partial charge is 0.343 e. The second-order valence-electron chi connectivity index (χ2n) is 4.77. The SMILES string of the molecule is Cc1cccc(-c2[nH]cnc2-c2ccn3ncnc3c2)n1. The van der Waals surface area contributed by atoms with Crippen molar-refractivity contribution in [3.8, 4) is 22.6 Å². The van der Waals surface area contributed by atoms with Crippen LogP contribution in [0.25, 0.3) is 28.3 Å². The number of hydrogen-bond donors (Lipinski definition) is 1. The normalized spacial score (nSPS) is 11.1. The van der Waals surface area contributed by atoms with Gasteiger partial charge in [-0.2, -0.15) is 5.10 Å². The molecule has 0 amide bonds. The zero-order chi connectivity index (χ0) is 14.2. The molecule has 0 atom stereocenters. The quantitative estimate of drug-likeness (QED) is 0.610. The summed E-state index contributed by atoms with van der Waals surface area (Å²) in [7, 11) is 0. The van der Waals surface area contributed by atoms with Crippen LogP contribution in [0.3, 0.4) is 0 Å². The average molecular weight is 276 g/mol. The highest BCUT2D eigenvalue weighted by molar-refractivity contribution is 5.77. The first-order chi connectivity index (χ1) is 10.3. The van der Waals surface area contributed by atoms with E-state index in [9.17, 15) is 0 Å². The zero-order valence-electron chi connectivity index (χ0n) is 11.4. The first kappa shape index (κ1) is 11.8. The van der Waals surface area contributed by atoms with Crippen molar-refractivity contribution >= 4 is 5.65 Å². The molecule has 1 N–H and O–H groups in total. The molecule has 0 bridgehead atoms. The minimum Gasteiger partial charge on any atom is -0.343 e. The van der Waals surface area contributed by atoms with Crippen molar-refractivity contribution in [2.45, 2.75) is 6.92 Å². The van der Waals surface area contributed by atoms with Crippen molar-refractivity contribution < 1.29 is 0 Å². The van der Waals surface area contributed by atoms with Crippen molar-refractivity contribution in [1.82, 2.24) is 29.5 Å². The van der Waals surface area contributed by atoms with Crippen LogP contribution in [0, 0.1) is 6.92 Å². The Labute approximate surface area is 120 Å². The summed E-state index contributed by atoms with van der Waals surface area (Å²) in [4.78, 5) is 16.4. The fourth-order valence-electron chi connectivity index (χ4n) is 2.35. The van der Waals surface area contributed by atoms with Gasteiger partial charge >= 0.3 is 0 Å². The molecule has 0 radical (unpaired) electrons. The van der Waals surface area contributed by atoms with Crippen molar-refractivity contribution in [2.75, 3.05) is 0 Å². The number of aromatic amines is 1. The maximum atomic E-state index is 4.55. The van der Waals surface area contributed by atoms with E-state index in [1.54, 1.807) is 10.8 Å². The number of pyridine rings is 2. The Morgan fingerprint density at radius 3 is 3.00 bits per heavy atom. The fourth-order valence-corrected chi connectivity index (χ4v) is 2.35. The lowest BCUT2D eigenvalue weighted by atomic mass is 10.1. The predicted molar refractivity (Wildman–Crippen MR) is 78.5 cm³/mol. The van der Waals surface area contributed by atoms with Crippen LogP contribution >= 0.6 is 0 Å². The van der Waals surface area contributed by atoms with Gasteiger partial charge in [0, 0.05) is 17.5 Å². The molecule has 0 unspecified atom stereocenters. The number of hydrogen-bond acceptors (Lipinski definition) is 4. The number of nitrogens with one attached hydrogen (secondary N) is 1. The van der Waals surface area contributed by atoms with Crippen LogP contribution in [0.5, 0.6) is 0 Å². The van der Waals surface area contributed by atoms with Gasteiger partial charge in [0.2, 0.25) is 0 Å². The van der Waals surface area contributed by atoms with Crippen molar-refractivity contribution in [1.29, 1.82) is 0 Å². The monoisotopic (exact) mass is 276 g/mol. The third kappa shape index (κ3) is 1.97. The lowest BCUT2D eigenvalue weighted by Crippen LogP contribution is -1.91. The molecule has 4 heterocycles. The molecule has 4 aromatic heterocycles. The van der Waals surface area contributed by atoms with Crippen LogP contribution in [0.15, 0.2) is 49.2 Å². The summed E-state index contributed by atoms with van der Waals surface area (Å²) in [6, 6.07) is 9.87. The molecular formula is C15H12N6. The van der Waals surface area contributed by atoms with Crippen molar-refractivity contribution in [2.24, 2.45) is 0 Å². The summed E-state index contributed by atoms with van der Waals surface area (Å²) in [5.74, 6) is 0. The number of rotatable bonds is 2. The van der Waals surface area contributed by atoms with Gasteiger partial charge < -0.3 is 4.98 Å². The smallest absolute Gasteiger partial charge is 0.155 e. The molecule has 0 aliphatic carbocycles. The fraction of sp³-hybridized carbons (Fsp3) is 0.0667. The van der Waals surface area contributed by atoms with E-state index in [1.807, 2.05) is 43.5 Å². The van der Waals surface area contributed by atoms with Gasteiger partial charge in [0.1, 0.15) is 6.33 Å². The Hall–Kier alpha value is -3.02. The second-order valence-corrected chi connectivity index (χ2v) is 4.77. The van der Waals surface area contributed by atoms with Gasteiger partial charge in [0.15, 0.2) is 5.65 Å². The van der Waals surface area contributed by atoms with Crippen LogP contribution in [0.2, 0.25) is 0 Å². The molecule has 0 aromatic carbocycles. The van der Waals surface area contributed by atoms with E-state index in [0.29, 0.717) is 0 Å². The number of imidazole rings is 1. The minimum atomic E-state index is 0.790. The van der Waals surface area contributed by atoms with E-state index in [4.69, 9.17) is 0 Å². The van der Waals surface area contributed by atoms with Gasteiger partial charge in [-0.1, -0.05) is 6.07 Å². The van der Waals surface area contributed by atoms with E-state index in [2.05, 4.69) is 25.0 Å². The lowest BCUT2D eigenvalue weighted by molar-refractivity contribution is 0.961. The lowest BCUT2D eigenvalue weighted by Gasteiger charge is -2.04. The zero-order valence-corrected chi connectivity index (χ0v) is 11.4. The highest BCUT2D eigenvalue weighted by Crippen LogP contribution is 2.28. The third-order valence-electron chi connectivity index (χ3n) is 3.34. The molecule has 0 aliphatic rings. The molecule has 4 aromatic rings. The maximum absolute atomic E-state index is 4.55. The minimum absolute atomic E-state index is 0.790. The van der Waals surface area contributed by atoms with Crippen LogP contribution in [-0.2, 0) is 0 Å². The molecule has 21 heavy (non-hydrogen) atoms. The van der Waals surface area contributed by atoms with E-state index in [-0.39, 0.29) is 0 Å². The topological polar surface area (TPSA) is 71.8 Å². The highest BCUT2D eigenvalue weighted by Gasteiger charge is 2.12. The maximum Gasteiger partial charge on any atom is 0.155 e. The number of aryl methyl sites for hydroxylation is 1. The van der Waals surface area contributed by atoms with Gasteiger partial charge in [-0.05, 0) is 31.2 Å². The van der Waals surface area contributed by atoms with Gasteiger partial charge in [-0.3, -0.25) is 4.98 Å². The summed E-state index contributed by atoms with van der Waals surface area (Å²) >= 11 is 0. The third-order valence-corrected chi connectivity index (χ3v) is 3.34. The number of aromatic nitrogens is 6. The highest BCUT2D eigenvalue weighted by atomic mass is 15.3. The Bertz CT molecular complexity index is 920. The van der Waals surface area contributed by atoms with E-state index in [0.717, 1.165) is 34.0 Å². The van der Waals surface area contributed by atoms with Gasteiger partial charge in [0.05, 0.1) is 23.4 Å². The Morgan fingerprint density at radius 1 is 1.14 bits per heavy atom. The number of nitrogens with zero attached hydrogens (tertiary/aromatic N) is 5. The molecule has 0 spiro atoms. The van der Waals surface area contributed by atoms with E-state index >= 15 is 0 Å². The summed E-state index contributed by atoms with van der Waals surface area (Å²) in [6.07, 6.45) is 5.09. The standard InChI is InChI=1S/C15H12N6/c1-10-3-2-4-12(20-10)15-14(17-8-18-15)11-5-6-21-13(7-11)16-9-19-21/h2-9H,1H3,(H,17,18). The molecule has 6 nitrogen and oxygen atoms in total. The van der Waals surface area contributed by atoms with Crippen LogP contribution in [0.1, 0.15) is 5.69 Å². The van der Waals surface area contributed by atoms with Gasteiger partial charge in [-0.15, -0.1) is 0 Å². The van der Waals surface area contributed by atoms with Gasteiger partial charge in [0.25, 0.3) is 0 Å². The Kier molecular flexibility index (Phi) is 2.53. The van der Waals surface area contributed by atoms with Crippen LogP contribution in [-0.4, -0.2) is 29.5 Å². The molecule has 4 rings (SSSR count). The molecular weight excluding hydrogens is 264 g/mol. The first-order valence-electron chi connectivity index (χ1n) is 6.58. The number of H-pyrrole nitrogens is 1. The molecule has 0 fully saturated rings. The molecule has 102 valence electrons. The van der Waals surface area contributed by atoms with Crippen molar-refractivity contribution in [3.05, 3.63) is 54.9 Å². The van der Waals surface area contributed by atoms with E-state index < -0.39 is 0 Å². The molecule has 0 saturated heterocycles. The van der Waals surface area contributed by atoms with Crippen molar-refractivity contribution in [3.63, 3.8) is 0 Å². The van der Waals surface area contributed by atoms with Gasteiger partial charge in [-0.25, -0.2) is 14.5 Å². The summed E-state index contributed by atoms with van der Waals surface area (Å²) in [6.45, 7) is 1.97. The molecule has 6 heteroatoms. The first-order valence-corrected chi connectivity index (χ1v) is 6.58. The summed E-state index contributed by atoms with van der Waals surface area (Å²) in [5, 5.41) is 4.10. The Balaban J connectivity index is 1.88. The summed E-state index contributed by atoms with van der Waals surface area (Å²) < 4.78 is 1.72. The summed E-state index contributed by atoms with van der Waals surface area (Å²) in [5.41, 5.74) is 5.39. The second kappa shape index (κ2) is 4.52. The average Bonchev–Trinajstić information content (AvgIpc) is 3.15. The number of fused-ring (bicyclic) bond motifs is 1. The van der Waals surface area contributed by atoms with Crippen LogP contribution < -0.4 is 0 Å². The predicted octanol–water partition coefficient (Wildman–Crippen LogP) is 2.49. The molecule has 0 aliphatic heterocycles. The molecule has 0 saturated carbocycles. The van der Waals surface area contributed by atoms with Crippen LogP contribution in [0.4, 0.5) is 0 Å². The van der Waals surface area contributed by atoms with E-state index in [1.165, 1.54) is 6.33 Å². The Morgan fingerprint density at radius 2 is 2.10 bits per heavy atom.